The molecule has 0 radical (unpaired) electrons. The standard InChI is InChI=1S/C18H17N3O3S/c22-25(23)18-4-3-16(24-17-2-1-7-20-13-17)10-15(18)12-21-11-14-5-8-19-9-6-14/h1-10,13,21,25H,11-12H2. The van der Waals surface area contributed by atoms with Gasteiger partial charge in [-0.25, -0.2) is 8.42 Å². The van der Waals surface area contributed by atoms with Crippen LogP contribution in [0.5, 0.6) is 11.5 Å². The number of rotatable bonds is 7. The predicted octanol–water partition coefficient (Wildman–Crippen LogP) is 2.53. The number of hydrogen-bond donors (Lipinski definition) is 2. The molecule has 0 spiro atoms. The number of nitrogens with zero attached hydrogens (tertiary/aromatic N) is 2. The van der Waals surface area contributed by atoms with Crippen LogP contribution >= 0.6 is 0 Å². The fraction of sp³-hybridized carbons (Fsp3) is 0.111. The SMILES string of the molecule is O=[SH](=O)c1ccc(Oc2cccnc2)cc1CNCc1ccncc1. The first-order valence-corrected chi connectivity index (χ1v) is 8.85. The minimum absolute atomic E-state index is 0.288. The van der Waals surface area contributed by atoms with Crippen LogP contribution < -0.4 is 10.1 Å². The molecule has 0 aliphatic heterocycles. The molecule has 2 aromatic heterocycles. The normalized spacial score (nSPS) is 10.8. The largest absolute Gasteiger partial charge is 0.456 e. The van der Waals surface area contributed by atoms with Crippen LogP contribution in [0.2, 0.25) is 0 Å². The van der Waals surface area contributed by atoms with Gasteiger partial charge >= 0.3 is 0 Å². The number of thiol groups is 1. The van der Waals surface area contributed by atoms with E-state index in [1.54, 1.807) is 55.1 Å². The van der Waals surface area contributed by atoms with Crippen molar-refractivity contribution in [2.24, 2.45) is 0 Å². The summed E-state index contributed by atoms with van der Waals surface area (Å²) in [6.45, 7) is 1.02. The average molecular weight is 355 g/mol. The van der Waals surface area contributed by atoms with Gasteiger partial charge in [0.1, 0.15) is 11.5 Å². The van der Waals surface area contributed by atoms with E-state index in [0.29, 0.717) is 30.2 Å². The van der Waals surface area contributed by atoms with E-state index in [2.05, 4.69) is 15.3 Å². The van der Waals surface area contributed by atoms with Crippen molar-refractivity contribution in [3.05, 3.63) is 78.4 Å². The molecule has 6 nitrogen and oxygen atoms in total. The molecule has 1 N–H and O–H groups in total. The zero-order valence-corrected chi connectivity index (χ0v) is 14.2. The van der Waals surface area contributed by atoms with E-state index in [4.69, 9.17) is 4.74 Å². The molecule has 1 aromatic carbocycles. The van der Waals surface area contributed by atoms with E-state index >= 15 is 0 Å². The molecule has 25 heavy (non-hydrogen) atoms. The highest BCUT2D eigenvalue weighted by Crippen LogP contribution is 2.24. The number of benzene rings is 1. The quantitative estimate of drug-likeness (QED) is 0.634. The van der Waals surface area contributed by atoms with Gasteiger partial charge in [-0.3, -0.25) is 9.97 Å². The highest BCUT2D eigenvalue weighted by atomic mass is 32.2. The summed E-state index contributed by atoms with van der Waals surface area (Å²) in [5.74, 6) is 1.16. The Morgan fingerprint density at radius 1 is 0.920 bits per heavy atom. The zero-order valence-electron chi connectivity index (χ0n) is 13.3. The van der Waals surface area contributed by atoms with Crippen molar-refractivity contribution in [3.8, 4) is 11.5 Å². The Balaban J connectivity index is 1.74. The third-order valence-corrected chi connectivity index (χ3v) is 4.34. The lowest BCUT2D eigenvalue weighted by molar-refractivity contribution is 0.478. The van der Waals surface area contributed by atoms with Crippen LogP contribution in [-0.4, -0.2) is 18.4 Å². The Kier molecular flexibility index (Phi) is 5.71. The second-order valence-corrected chi connectivity index (χ2v) is 6.29. The van der Waals surface area contributed by atoms with Gasteiger partial charge in [0, 0.05) is 31.7 Å². The summed E-state index contributed by atoms with van der Waals surface area (Å²) in [6.07, 6.45) is 6.70. The molecule has 0 saturated heterocycles. The van der Waals surface area contributed by atoms with E-state index in [-0.39, 0.29) is 4.90 Å². The monoisotopic (exact) mass is 355 g/mol. The van der Waals surface area contributed by atoms with Gasteiger partial charge in [-0.1, -0.05) is 0 Å². The van der Waals surface area contributed by atoms with Crippen molar-refractivity contribution in [3.63, 3.8) is 0 Å². The van der Waals surface area contributed by atoms with Gasteiger partial charge in [0.25, 0.3) is 0 Å². The van der Waals surface area contributed by atoms with Gasteiger partial charge in [-0.05, 0) is 53.6 Å². The molecule has 0 atom stereocenters. The highest BCUT2D eigenvalue weighted by Gasteiger charge is 2.08. The molecule has 0 aliphatic carbocycles. The van der Waals surface area contributed by atoms with Gasteiger partial charge in [0.15, 0.2) is 10.7 Å². The number of pyridine rings is 2. The minimum atomic E-state index is -2.68. The summed E-state index contributed by atoms with van der Waals surface area (Å²) in [5, 5.41) is 3.24. The molecule has 128 valence electrons. The molecule has 0 amide bonds. The second kappa shape index (κ2) is 8.36. The molecule has 0 saturated carbocycles. The lowest BCUT2D eigenvalue weighted by Crippen LogP contribution is -2.14. The summed E-state index contributed by atoms with van der Waals surface area (Å²) in [6, 6.07) is 12.3. The van der Waals surface area contributed by atoms with E-state index < -0.39 is 10.7 Å². The fourth-order valence-corrected chi connectivity index (χ4v) is 2.91. The molecule has 0 bridgehead atoms. The van der Waals surface area contributed by atoms with Gasteiger partial charge in [0.05, 0.1) is 11.1 Å². The first-order valence-electron chi connectivity index (χ1n) is 7.67. The van der Waals surface area contributed by atoms with E-state index in [0.717, 1.165) is 5.56 Å². The Labute approximate surface area is 147 Å². The third kappa shape index (κ3) is 4.85. The number of nitrogens with one attached hydrogen (secondary N) is 1. The molecule has 0 unspecified atom stereocenters. The van der Waals surface area contributed by atoms with Crippen molar-refractivity contribution < 1.29 is 13.2 Å². The van der Waals surface area contributed by atoms with Crippen LogP contribution in [0.1, 0.15) is 11.1 Å². The molecule has 7 heteroatoms. The Morgan fingerprint density at radius 3 is 2.48 bits per heavy atom. The fourth-order valence-electron chi connectivity index (χ4n) is 2.33. The lowest BCUT2D eigenvalue weighted by Gasteiger charge is -2.10. The van der Waals surface area contributed by atoms with Crippen LogP contribution in [0.25, 0.3) is 0 Å². The molecule has 3 rings (SSSR count). The van der Waals surface area contributed by atoms with Crippen molar-refractivity contribution in [1.82, 2.24) is 15.3 Å². The highest BCUT2D eigenvalue weighted by molar-refractivity contribution is 7.72. The summed E-state index contributed by atoms with van der Waals surface area (Å²) < 4.78 is 28.7. The number of aromatic nitrogens is 2. The first-order chi connectivity index (χ1) is 12.2. The summed E-state index contributed by atoms with van der Waals surface area (Å²) in [7, 11) is -2.68. The van der Waals surface area contributed by atoms with Crippen LogP contribution in [0.4, 0.5) is 0 Å². The Bertz CT molecular complexity index is 892. The van der Waals surface area contributed by atoms with E-state index in [1.165, 1.54) is 0 Å². The van der Waals surface area contributed by atoms with E-state index in [1.807, 2.05) is 12.1 Å². The van der Waals surface area contributed by atoms with Crippen LogP contribution in [0.3, 0.4) is 0 Å². The van der Waals surface area contributed by atoms with E-state index in [9.17, 15) is 8.42 Å². The molecule has 0 aliphatic rings. The predicted molar refractivity (Wildman–Crippen MR) is 94.1 cm³/mol. The van der Waals surface area contributed by atoms with Crippen molar-refractivity contribution >= 4 is 10.7 Å². The maximum absolute atomic E-state index is 11.5. The Hall–Kier alpha value is -2.77. The Morgan fingerprint density at radius 2 is 1.76 bits per heavy atom. The van der Waals surface area contributed by atoms with Gasteiger partial charge in [-0.2, -0.15) is 0 Å². The third-order valence-electron chi connectivity index (χ3n) is 3.51. The molecule has 2 heterocycles. The lowest BCUT2D eigenvalue weighted by atomic mass is 10.2. The average Bonchev–Trinajstić information content (AvgIpc) is 2.63. The first kappa shape index (κ1) is 17.1. The van der Waals surface area contributed by atoms with Crippen LogP contribution in [0.15, 0.2) is 72.1 Å². The van der Waals surface area contributed by atoms with Crippen LogP contribution in [-0.2, 0) is 23.8 Å². The maximum atomic E-state index is 11.5. The maximum Gasteiger partial charge on any atom is 0.168 e. The molecule has 0 fully saturated rings. The van der Waals surface area contributed by atoms with Crippen molar-refractivity contribution in [1.29, 1.82) is 0 Å². The van der Waals surface area contributed by atoms with Crippen molar-refractivity contribution in [2.75, 3.05) is 0 Å². The van der Waals surface area contributed by atoms with Gasteiger partial charge in [0.2, 0.25) is 0 Å². The van der Waals surface area contributed by atoms with Gasteiger partial charge < -0.3 is 10.1 Å². The van der Waals surface area contributed by atoms with Crippen LogP contribution in [0, 0.1) is 0 Å². The van der Waals surface area contributed by atoms with Crippen molar-refractivity contribution in [2.45, 2.75) is 18.0 Å². The summed E-state index contributed by atoms with van der Waals surface area (Å²) in [4.78, 5) is 8.25. The smallest absolute Gasteiger partial charge is 0.168 e. The number of hydrogen-bond acceptors (Lipinski definition) is 6. The summed E-state index contributed by atoms with van der Waals surface area (Å²) >= 11 is 0. The molecular weight excluding hydrogens is 338 g/mol. The second-order valence-electron chi connectivity index (χ2n) is 5.30. The zero-order chi connectivity index (χ0) is 17.5. The topological polar surface area (TPSA) is 81.2 Å². The molecule has 3 aromatic rings. The number of ether oxygens (including phenoxy) is 1. The van der Waals surface area contributed by atoms with Gasteiger partial charge in [-0.15, -0.1) is 0 Å². The minimum Gasteiger partial charge on any atom is -0.456 e. The summed E-state index contributed by atoms with van der Waals surface area (Å²) in [5.41, 5.74) is 1.73. The molecular formula is C18H17N3O3S.